The summed E-state index contributed by atoms with van der Waals surface area (Å²) in [6, 6.07) is 0.995. The first-order chi connectivity index (χ1) is 12.3. The number of allylic oxidation sites excluding steroid dienone is 4. The van der Waals surface area contributed by atoms with E-state index in [4.69, 9.17) is 4.74 Å². The highest BCUT2D eigenvalue weighted by Gasteiger charge is 2.36. The minimum Gasteiger partial charge on any atom is -0.462 e. The minimum absolute atomic E-state index is 0.0798. The second-order valence-corrected chi connectivity index (χ2v) is 5.91. The van der Waals surface area contributed by atoms with Crippen molar-refractivity contribution >= 4 is 11.6 Å². The topological polar surface area (TPSA) is 56.5 Å². The van der Waals surface area contributed by atoms with Crippen molar-refractivity contribution < 1.29 is 22.7 Å². The number of halogens is 3. The van der Waals surface area contributed by atoms with E-state index in [1.165, 1.54) is 0 Å². The molecular formula is C18H18F3N3O2. The largest absolute Gasteiger partial charge is 0.462 e. The number of ether oxygens (including phenoxy) is 1. The molecule has 3 rings (SSSR count). The molecule has 1 aliphatic rings. The van der Waals surface area contributed by atoms with Crippen molar-refractivity contribution in [3.63, 3.8) is 0 Å². The first kappa shape index (κ1) is 18.2. The molecule has 2 aromatic heterocycles. The van der Waals surface area contributed by atoms with Crippen molar-refractivity contribution in [2.45, 2.75) is 38.8 Å². The van der Waals surface area contributed by atoms with Gasteiger partial charge in [0.25, 0.3) is 0 Å². The normalized spacial score (nSPS) is 17.4. The molecule has 2 heterocycles. The molecule has 0 fully saturated rings. The van der Waals surface area contributed by atoms with Crippen molar-refractivity contribution in [1.29, 1.82) is 0 Å². The summed E-state index contributed by atoms with van der Waals surface area (Å²) in [6.45, 7) is 3.74. The van der Waals surface area contributed by atoms with E-state index in [1.807, 2.05) is 25.2 Å². The zero-order chi connectivity index (χ0) is 18.9. The Labute approximate surface area is 148 Å². The maximum absolute atomic E-state index is 13.5. The lowest BCUT2D eigenvalue weighted by Crippen LogP contribution is -2.16. The number of hydrogen-bond acceptors (Lipinski definition) is 4. The number of aromatic nitrogens is 3. The molecule has 0 radical (unpaired) electrons. The van der Waals surface area contributed by atoms with Crippen LogP contribution in [0.2, 0.25) is 0 Å². The lowest BCUT2D eigenvalue weighted by Gasteiger charge is -2.18. The highest BCUT2D eigenvalue weighted by atomic mass is 19.4. The lowest BCUT2D eigenvalue weighted by molar-refractivity contribution is -0.142. The molecule has 0 bridgehead atoms. The summed E-state index contributed by atoms with van der Waals surface area (Å²) in [5, 5.41) is 3.70. The van der Waals surface area contributed by atoms with Gasteiger partial charge in [-0.25, -0.2) is 14.3 Å². The number of carbonyl (C=O) groups excluding carboxylic acids is 1. The van der Waals surface area contributed by atoms with Gasteiger partial charge in [0.1, 0.15) is 11.3 Å². The molecule has 0 N–H and O–H groups in total. The highest BCUT2D eigenvalue weighted by molar-refractivity contribution is 5.95. The smallest absolute Gasteiger partial charge is 0.433 e. The van der Waals surface area contributed by atoms with Crippen LogP contribution in [0.1, 0.15) is 54.4 Å². The van der Waals surface area contributed by atoms with Crippen LogP contribution in [0.15, 0.2) is 36.1 Å². The van der Waals surface area contributed by atoms with E-state index >= 15 is 0 Å². The Morgan fingerprint density at radius 3 is 2.73 bits per heavy atom. The number of rotatable bonds is 4. The zero-order valence-corrected chi connectivity index (χ0v) is 14.4. The second-order valence-electron chi connectivity index (χ2n) is 5.91. The molecule has 0 aliphatic heterocycles. The van der Waals surface area contributed by atoms with E-state index in [-0.39, 0.29) is 29.4 Å². The molecule has 0 saturated heterocycles. The number of hydrogen-bond donors (Lipinski definition) is 0. The van der Waals surface area contributed by atoms with Crippen molar-refractivity contribution in [2.24, 2.45) is 0 Å². The van der Waals surface area contributed by atoms with Crippen LogP contribution < -0.4 is 0 Å². The van der Waals surface area contributed by atoms with E-state index in [0.717, 1.165) is 24.3 Å². The Balaban J connectivity index is 2.13. The van der Waals surface area contributed by atoms with Crippen LogP contribution in [-0.4, -0.2) is 27.2 Å². The average molecular weight is 365 g/mol. The van der Waals surface area contributed by atoms with Crippen LogP contribution in [0.25, 0.3) is 5.65 Å². The van der Waals surface area contributed by atoms with Gasteiger partial charge in [-0.2, -0.15) is 18.3 Å². The van der Waals surface area contributed by atoms with E-state index in [9.17, 15) is 18.0 Å². The fourth-order valence-corrected chi connectivity index (χ4v) is 2.87. The van der Waals surface area contributed by atoms with Crippen LogP contribution in [0.4, 0.5) is 13.2 Å². The third-order valence-electron chi connectivity index (χ3n) is 4.24. The van der Waals surface area contributed by atoms with Gasteiger partial charge in [0.05, 0.1) is 18.5 Å². The number of carbonyl (C=O) groups is 1. The summed E-state index contributed by atoms with van der Waals surface area (Å²) < 4.78 is 46.1. The van der Waals surface area contributed by atoms with Gasteiger partial charge in [-0.3, -0.25) is 0 Å². The SMILES string of the molecule is CCOC(=O)c1cnn2c(C(F)(F)F)cc(C3C=CC(CC)=CC3)nc12. The van der Waals surface area contributed by atoms with Crippen LogP contribution in [0.3, 0.4) is 0 Å². The third kappa shape index (κ3) is 3.36. The Morgan fingerprint density at radius 2 is 2.15 bits per heavy atom. The Hall–Kier alpha value is -2.64. The number of fused-ring (bicyclic) bond motifs is 1. The van der Waals surface area contributed by atoms with Crippen molar-refractivity contribution in [2.75, 3.05) is 6.61 Å². The molecule has 8 heteroatoms. The molecule has 0 aromatic carbocycles. The molecule has 1 aliphatic carbocycles. The van der Waals surface area contributed by atoms with Crippen molar-refractivity contribution in [3.8, 4) is 0 Å². The molecule has 1 unspecified atom stereocenters. The summed E-state index contributed by atoms with van der Waals surface area (Å²) in [7, 11) is 0. The number of nitrogens with zero attached hydrogens (tertiary/aromatic N) is 3. The molecule has 0 amide bonds. The van der Waals surface area contributed by atoms with E-state index in [0.29, 0.717) is 10.9 Å². The van der Waals surface area contributed by atoms with E-state index in [1.54, 1.807) is 6.92 Å². The fraction of sp³-hybridized carbons (Fsp3) is 0.389. The minimum atomic E-state index is -4.63. The molecule has 5 nitrogen and oxygen atoms in total. The van der Waals surface area contributed by atoms with Gasteiger partial charge in [-0.05, 0) is 25.8 Å². The zero-order valence-electron chi connectivity index (χ0n) is 14.4. The molecule has 0 spiro atoms. The van der Waals surface area contributed by atoms with Gasteiger partial charge in [0.15, 0.2) is 5.65 Å². The van der Waals surface area contributed by atoms with Crippen LogP contribution in [-0.2, 0) is 10.9 Å². The summed E-state index contributed by atoms with van der Waals surface area (Å²) in [5.41, 5.74) is 0.191. The van der Waals surface area contributed by atoms with E-state index in [2.05, 4.69) is 10.1 Å². The van der Waals surface area contributed by atoms with Crippen LogP contribution in [0, 0.1) is 0 Å². The Kier molecular flexibility index (Phi) is 4.84. The monoisotopic (exact) mass is 365 g/mol. The summed E-state index contributed by atoms with van der Waals surface area (Å²) >= 11 is 0. The number of esters is 1. The Morgan fingerprint density at radius 1 is 1.38 bits per heavy atom. The predicted octanol–water partition coefficient (Wildman–Crippen LogP) is 4.30. The van der Waals surface area contributed by atoms with Gasteiger partial charge < -0.3 is 4.74 Å². The molecule has 1 atom stereocenters. The van der Waals surface area contributed by atoms with Crippen molar-refractivity contribution in [1.82, 2.24) is 14.6 Å². The molecule has 138 valence electrons. The maximum atomic E-state index is 13.5. The third-order valence-corrected chi connectivity index (χ3v) is 4.24. The molecule has 0 saturated carbocycles. The van der Waals surface area contributed by atoms with Crippen molar-refractivity contribution in [3.05, 3.63) is 53.0 Å². The van der Waals surface area contributed by atoms with Gasteiger partial charge in [-0.15, -0.1) is 0 Å². The van der Waals surface area contributed by atoms with Crippen LogP contribution in [0.5, 0.6) is 0 Å². The summed E-state index contributed by atoms with van der Waals surface area (Å²) in [6.07, 6.45) is 3.59. The van der Waals surface area contributed by atoms with E-state index < -0.39 is 17.8 Å². The molecule has 26 heavy (non-hydrogen) atoms. The average Bonchev–Trinajstić information content (AvgIpc) is 3.04. The molecule has 2 aromatic rings. The van der Waals surface area contributed by atoms with Gasteiger partial charge in [0, 0.05) is 5.92 Å². The first-order valence-corrected chi connectivity index (χ1v) is 8.35. The first-order valence-electron chi connectivity index (χ1n) is 8.35. The Bertz CT molecular complexity index is 897. The van der Waals surface area contributed by atoms with Crippen LogP contribution >= 0.6 is 0 Å². The fourth-order valence-electron chi connectivity index (χ4n) is 2.87. The molecular weight excluding hydrogens is 347 g/mol. The quantitative estimate of drug-likeness (QED) is 0.758. The van der Waals surface area contributed by atoms with Gasteiger partial charge in [0.2, 0.25) is 0 Å². The van der Waals surface area contributed by atoms with Gasteiger partial charge >= 0.3 is 12.1 Å². The number of alkyl halides is 3. The van der Waals surface area contributed by atoms with Gasteiger partial charge in [-0.1, -0.05) is 30.7 Å². The second kappa shape index (κ2) is 6.93. The standard InChI is InChI=1S/C18H18F3N3O2/c1-3-11-5-7-12(8-6-11)14-9-15(18(19,20)21)24-16(23-14)13(10-22-24)17(25)26-4-2/h5-7,9-10,12H,3-4,8H2,1-2H3. The predicted molar refractivity (Wildman–Crippen MR) is 88.8 cm³/mol. The summed E-state index contributed by atoms with van der Waals surface area (Å²) in [4.78, 5) is 16.3. The lowest BCUT2D eigenvalue weighted by atomic mass is 9.92. The maximum Gasteiger partial charge on any atom is 0.433 e. The highest BCUT2D eigenvalue weighted by Crippen LogP contribution is 2.34. The summed E-state index contributed by atoms with van der Waals surface area (Å²) in [5.74, 6) is -1.03.